The van der Waals surface area contributed by atoms with Gasteiger partial charge in [-0.3, -0.25) is 4.79 Å². The SMILES string of the molecule is Cc1cccc(C)c1C(Br)c1ccc2c(c1)CC(=O)N2. The fourth-order valence-corrected chi connectivity index (χ4v) is 3.81. The molecule has 1 unspecified atom stereocenters. The van der Waals surface area contributed by atoms with Crippen LogP contribution in [0.1, 0.15) is 32.6 Å². The topological polar surface area (TPSA) is 29.1 Å². The summed E-state index contributed by atoms with van der Waals surface area (Å²) < 4.78 is 0. The number of fused-ring (bicyclic) bond motifs is 1. The molecule has 20 heavy (non-hydrogen) atoms. The van der Waals surface area contributed by atoms with Crippen molar-refractivity contribution in [3.05, 3.63) is 64.2 Å². The molecule has 0 fully saturated rings. The van der Waals surface area contributed by atoms with E-state index in [9.17, 15) is 4.79 Å². The van der Waals surface area contributed by atoms with Crippen LogP contribution in [0.3, 0.4) is 0 Å². The van der Waals surface area contributed by atoms with Crippen molar-refractivity contribution in [3.63, 3.8) is 0 Å². The minimum absolute atomic E-state index is 0.0790. The number of amides is 1. The third-order valence-corrected chi connectivity index (χ3v) is 4.83. The molecule has 0 saturated heterocycles. The van der Waals surface area contributed by atoms with Crippen LogP contribution in [0, 0.1) is 13.8 Å². The molecule has 0 saturated carbocycles. The van der Waals surface area contributed by atoms with Crippen molar-refractivity contribution < 1.29 is 4.79 Å². The molecule has 2 aromatic rings. The second kappa shape index (κ2) is 5.06. The smallest absolute Gasteiger partial charge is 0.228 e. The number of alkyl halides is 1. The zero-order valence-corrected chi connectivity index (χ0v) is 13.1. The maximum Gasteiger partial charge on any atom is 0.228 e. The zero-order valence-electron chi connectivity index (χ0n) is 11.5. The molecule has 1 aliphatic rings. The average molecular weight is 330 g/mol. The van der Waals surface area contributed by atoms with Gasteiger partial charge in [0.25, 0.3) is 0 Å². The summed E-state index contributed by atoms with van der Waals surface area (Å²) in [7, 11) is 0. The quantitative estimate of drug-likeness (QED) is 0.818. The van der Waals surface area contributed by atoms with Crippen molar-refractivity contribution in [1.29, 1.82) is 0 Å². The van der Waals surface area contributed by atoms with Gasteiger partial charge in [-0.15, -0.1) is 0 Å². The van der Waals surface area contributed by atoms with Gasteiger partial charge in [-0.05, 0) is 47.7 Å². The molecule has 1 N–H and O–H groups in total. The van der Waals surface area contributed by atoms with E-state index < -0.39 is 0 Å². The highest BCUT2D eigenvalue weighted by molar-refractivity contribution is 9.09. The number of hydrogen-bond acceptors (Lipinski definition) is 1. The van der Waals surface area contributed by atoms with Gasteiger partial charge in [0.1, 0.15) is 0 Å². The first-order valence-electron chi connectivity index (χ1n) is 6.69. The van der Waals surface area contributed by atoms with Crippen molar-refractivity contribution in [3.8, 4) is 0 Å². The third-order valence-electron chi connectivity index (χ3n) is 3.84. The maximum absolute atomic E-state index is 11.4. The normalized spacial score (nSPS) is 14.8. The zero-order chi connectivity index (χ0) is 14.3. The molecule has 1 atom stereocenters. The van der Waals surface area contributed by atoms with Crippen molar-refractivity contribution in [1.82, 2.24) is 0 Å². The van der Waals surface area contributed by atoms with Crippen LogP contribution in [0.5, 0.6) is 0 Å². The van der Waals surface area contributed by atoms with Crippen molar-refractivity contribution in [2.45, 2.75) is 25.1 Å². The van der Waals surface area contributed by atoms with E-state index in [1.807, 2.05) is 6.07 Å². The van der Waals surface area contributed by atoms with Gasteiger partial charge in [0.15, 0.2) is 0 Å². The summed E-state index contributed by atoms with van der Waals surface area (Å²) in [5.74, 6) is 0.0790. The van der Waals surface area contributed by atoms with E-state index in [4.69, 9.17) is 0 Å². The first-order valence-corrected chi connectivity index (χ1v) is 7.60. The molecule has 0 bridgehead atoms. The highest BCUT2D eigenvalue weighted by Crippen LogP contribution is 2.37. The van der Waals surface area contributed by atoms with Gasteiger partial charge in [-0.2, -0.15) is 0 Å². The van der Waals surface area contributed by atoms with E-state index in [-0.39, 0.29) is 10.7 Å². The molecule has 0 spiro atoms. The Balaban J connectivity index is 2.02. The van der Waals surface area contributed by atoms with Gasteiger partial charge in [0.2, 0.25) is 5.91 Å². The number of anilines is 1. The number of carbonyl (C=O) groups excluding carboxylic acids is 1. The van der Waals surface area contributed by atoms with Crippen molar-refractivity contribution in [2.75, 3.05) is 5.32 Å². The Bertz CT molecular complexity index is 673. The number of carbonyl (C=O) groups is 1. The second-order valence-electron chi connectivity index (χ2n) is 5.31. The van der Waals surface area contributed by atoms with Crippen molar-refractivity contribution >= 4 is 27.5 Å². The fourth-order valence-electron chi connectivity index (χ4n) is 2.80. The molecule has 0 aromatic heterocycles. The maximum atomic E-state index is 11.4. The van der Waals surface area contributed by atoms with E-state index in [1.54, 1.807) is 0 Å². The van der Waals surface area contributed by atoms with Crippen molar-refractivity contribution in [2.24, 2.45) is 0 Å². The number of benzene rings is 2. The van der Waals surface area contributed by atoms with Crippen LogP contribution in [0.15, 0.2) is 36.4 Å². The Kier molecular flexibility index (Phi) is 3.38. The van der Waals surface area contributed by atoms with Gasteiger partial charge in [-0.25, -0.2) is 0 Å². The molecule has 1 amide bonds. The molecule has 0 aliphatic carbocycles. The highest BCUT2D eigenvalue weighted by atomic mass is 79.9. The van der Waals surface area contributed by atoms with Gasteiger partial charge < -0.3 is 5.32 Å². The van der Waals surface area contributed by atoms with Crippen LogP contribution in [-0.2, 0) is 11.2 Å². The Morgan fingerprint density at radius 1 is 1.15 bits per heavy atom. The van der Waals surface area contributed by atoms with Crippen LogP contribution in [0.25, 0.3) is 0 Å². The molecule has 1 aliphatic heterocycles. The first kappa shape index (κ1) is 13.4. The number of halogens is 1. The molecule has 2 nitrogen and oxygen atoms in total. The summed E-state index contributed by atoms with van der Waals surface area (Å²) in [6.07, 6.45) is 0.482. The number of nitrogens with one attached hydrogen (secondary N) is 1. The van der Waals surface area contributed by atoms with Crippen LogP contribution in [0.4, 0.5) is 5.69 Å². The Labute approximate surface area is 127 Å². The lowest BCUT2D eigenvalue weighted by atomic mass is 9.95. The summed E-state index contributed by atoms with van der Waals surface area (Å²) in [4.78, 5) is 11.6. The molecule has 0 radical (unpaired) electrons. The Morgan fingerprint density at radius 2 is 1.85 bits per heavy atom. The molecule has 102 valence electrons. The Hall–Kier alpha value is -1.61. The van der Waals surface area contributed by atoms with Crippen LogP contribution in [0.2, 0.25) is 0 Å². The number of aryl methyl sites for hydroxylation is 2. The van der Waals surface area contributed by atoms with Gasteiger partial charge >= 0.3 is 0 Å². The molecule has 1 heterocycles. The van der Waals surface area contributed by atoms with Crippen LogP contribution < -0.4 is 5.32 Å². The lowest BCUT2D eigenvalue weighted by Crippen LogP contribution is -2.03. The molecule has 2 aromatic carbocycles. The second-order valence-corrected chi connectivity index (χ2v) is 6.23. The summed E-state index contributed by atoms with van der Waals surface area (Å²) in [5.41, 5.74) is 7.09. The predicted molar refractivity (Wildman–Crippen MR) is 85.5 cm³/mol. The van der Waals surface area contributed by atoms with Crippen LogP contribution >= 0.6 is 15.9 Å². The average Bonchev–Trinajstić information content (AvgIpc) is 2.77. The van der Waals surface area contributed by atoms with E-state index in [2.05, 4.69) is 65.4 Å². The largest absolute Gasteiger partial charge is 0.326 e. The van der Waals surface area contributed by atoms with E-state index in [0.29, 0.717) is 6.42 Å². The van der Waals surface area contributed by atoms with Crippen LogP contribution in [-0.4, -0.2) is 5.91 Å². The predicted octanol–water partition coefficient (Wildman–Crippen LogP) is 4.28. The summed E-state index contributed by atoms with van der Waals surface area (Å²) >= 11 is 3.81. The van der Waals surface area contributed by atoms with E-state index >= 15 is 0 Å². The van der Waals surface area contributed by atoms with E-state index in [1.165, 1.54) is 22.3 Å². The third kappa shape index (κ3) is 2.27. The minimum atomic E-state index is 0.0790. The summed E-state index contributed by atoms with van der Waals surface area (Å²) in [5, 5.41) is 2.87. The number of hydrogen-bond donors (Lipinski definition) is 1. The summed E-state index contributed by atoms with van der Waals surface area (Å²) in [6, 6.07) is 12.6. The van der Waals surface area contributed by atoms with Gasteiger partial charge in [-0.1, -0.05) is 46.3 Å². The standard InChI is InChI=1S/C17H16BrNO/c1-10-4-3-5-11(2)16(10)17(18)12-6-7-14-13(8-12)9-15(20)19-14/h3-8,17H,9H2,1-2H3,(H,19,20). The molecule has 3 heteroatoms. The number of rotatable bonds is 2. The highest BCUT2D eigenvalue weighted by Gasteiger charge is 2.21. The summed E-state index contributed by atoms with van der Waals surface area (Å²) in [6.45, 7) is 4.27. The minimum Gasteiger partial charge on any atom is -0.326 e. The van der Waals surface area contributed by atoms with Gasteiger partial charge in [0, 0.05) is 5.69 Å². The van der Waals surface area contributed by atoms with Gasteiger partial charge in [0.05, 0.1) is 11.2 Å². The lowest BCUT2D eigenvalue weighted by molar-refractivity contribution is -0.115. The van der Waals surface area contributed by atoms with E-state index in [0.717, 1.165) is 11.3 Å². The molecular formula is C17H16BrNO. The first-order chi connectivity index (χ1) is 9.56. The monoisotopic (exact) mass is 329 g/mol. The Morgan fingerprint density at radius 3 is 2.55 bits per heavy atom. The lowest BCUT2D eigenvalue weighted by Gasteiger charge is -2.17. The fraction of sp³-hybridized carbons (Fsp3) is 0.235. The molecule has 3 rings (SSSR count). The molecular weight excluding hydrogens is 314 g/mol.